The first kappa shape index (κ1) is 11.1. The molecule has 0 aliphatic heterocycles. The first-order valence-corrected chi connectivity index (χ1v) is 4.59. The number of rotatable bonds is 2. The predicted octanol–water partition coefficient (Wildman–Crippen LogP) is 2.65. The van der Waals surface area contributed by atoms with E-state index in [0.717, 1.165) is 0 Å². The average Bonchev–Trinajstić information content (AvgIpc) is 2.60. The van der Waals surface area contributed by atoms with Crippen molar-refractivity contribution in [3.05, 3.63) is 36.0 Å². The van der Waals surface area contributed by atoms with E-state index in [1.165, 1.54) is 16.5 Å². The number of fused-ring (bicyclic) bond motifs is 1. The van der Waals surface area contributed by atoms with E-state index in [1.807, 2.05) is 6.07 Å². The zero-order chi connectivity index (χ0) is 9.26. The molecule has 1 aromatic heterocycles. The van der Waals surface area contributed by atoms with Crippen LogP contribution in [-0.4, -0.2) is 11.5 Å². The SMILES string of the molecule is C[C@@H](CN)c1c[nH]c2ccccc12.Cl. The quantitative estimate of drug-likeness (QED) is 0.786. The van der Waals surface area contributed by atoms with Crippen molar-refractivity contribution in [2.45, 2.75) is 12.8 Å². The van der Waals surface area contributed by atoms with Crippen LogP contribution in [0.1, 0.15) is 18.4 Å². The molecule has 0 saturated carbocycles. The summed E-state index contributed by atoms with van der Waals surface area (Å²) >= 11 is 0. The zero-order valence-electron chi connectivity index (χ0n) is 8.16. The lowest BCUT2D eigenvalue weighted by atomic mass is 10.0. The first-order chi connectivity index (χ1) is 6.33. The van der Waals surface area contributed by atoms with Gasteiger partial charge < -0.3 is 10.7 Å². The van der Waals surface area contributed by atoms with Gasteiger partial charge in [-0.3, -0.25) is 0 Å². The molecular weight excluding hydrogens is 196 g/mol. The number of aromatic nitrogens is 1. The van der Waals surface area contributed by atoms with Gasteiger partial charge in [0, 0.05) is 17.1 Å². The molecule has 0 aliphatic rings. The molecule has 14 heavy (non-hydrogen) atoms. The van der Waals surface area contributed by atoms with E-state index in [9.17, 15) is 0 Å². The molecule has 1 atom stereocenters. The summed E-state index contributed by atoms with van der Waals surface area (Å²) in [5, 5.41) is 1.29. The van der Waals surface area contributed by atoms with Crippen molar-refractivity contribution < 1.29 is 0 Å². The highest BCUT2D eigenvalue weighted by molar-refractivity contribution is 5.85. The molecule has 76 valence electrons. The van der Waals surface area contributed by atoms with Crippen molar-refractivity contribution in [3.8, 4) is 0 Å². The summed E-state index contributed by atoms with van der Waals surface area (Å²) in [6.45, 7) is 2.84. The Kier molecular flexibility index (Phi) is 3.55. The summed E-state index contributed by atoms with van der Waals surface area (Å²) in [5.41, 5.74) is 8.15. The highest BCUT2D eigenvalue weighted by Gasteiger charge is 2.08. The molecule has 2 rings (SSSR count). The van der Waals surface area contributed by atoms with E-state index in [1.54, 1.807) is 0 Å². The minimum absolute atomic E-state index is 0. The Hall–Kier alpha value is -0.990. The number of hydrogen-bond donors (Lipinski definition) is 2. The number of aromatic amines is 1. The minimum atomic E-state index is 0. The molecule has 0 saturated heterocycles. The summed E-state index contributed by atoms with van der Waals surface area (Å²) in [7, 11) is 0. The number of hydrogen-bond acceptors (Lipinski definition) is 1. The largest absolute Gasteiger partial charge is 0.361 e. The Labute approximate surface area is 89.9 Å². The second kappa shape index (κ2) is 4.49. The number of nitrogens with one attached hydrogen (secondary N) is 1. The van der Waals surface area contributed by atoms with Gasteiger partial charge in [-0.1, -0.05) is 25.1 Å². The summed E-state index contributed by atoms with van der Waals surface area (Å²) < 4.78 is 0. The number of nitrogens with two attached hydrogens (primary N) is 1. The number of para-hydroxylation sites is 1. The first-order valence-electron chi connectivity index (χ1n) is 4.59. The molecule has 3 heteroatoms. The number of benzene rings is 1. The van der Waals surface area contributed by atoms with E-state index in [4.69, 9.17) is 5.73 Å². The molecule has 0 radical (unpaired) electrons. The van der Waals surface area contributed by atoms with E-state index in [-0.39, 0.29) is 12.4 Å². The summed E-state index contributed by atoms with van der Waals surface area (Å²) in [4.78, 5) is 3.25. The summed E-state index contributed by atoms with van der Waals surface area (Å²) in [6, 6.07) is 8.31. The summed E-state index contributed by atoms with van der Waals surface area (Å²) in [5.74, 6) is 0.427. The second-order valence-electron chi connectivity index (χ2n) is 3.43. The van der Waals surface area contributed by atoms with Gasteiger partial charge in [0.1, 0.15) is 0 Å². The maximum absolute atomic E-state index is 5.64. The maximum atomic E-state index is 5.64. The van der Waals surface area contributed by atoms with Crippen molar-refractivity contribution in [1.29, 1.82) is 0 Å². The molecule has 2 nitrogen and oxygen atoms in total. The number of halogens is 1. The van der Waals surface area contributed by atoms with Crippen LogP contribution in [0.3, 0.4) is 0 Å². The Morgan fingerprint density at radius 1 is 1.36 bits per heavy atom. The molecule has 1 heterocycles. The van der Waals surface area contributed by atoms with E-state index in [2.05, 4.69) is 36.3 Å². The fraction of sp³-hybridized carbons (Fsp3) is 0.273. The van der Waals surface area contributed by atoms with Crippen LogP contribution in [0.15, 0.2) is 30.5 Å². The predicted molar refractivity (Wildman–Crippen MR) is 63.0 cm³/mol. The summed E-state index contributed by atoms with van der Waals surface area (Å²) in [6.07, 6.45) is 2.06. The van der Waals surface area contributed by atoms with E-state index >= 15 is 0 Å². The Morgan fingerprint density at radius 3 is 2.79 bits per heavy atom. The van der Waals surface area contributed by atoms with Gasteiger partial charge >= 0.3 is 0 Å². The van der Waals surface area contributed by atoms with Crippen molar-refractivity contribution in [2.24, 2.45) is 5.73 Å². The molecule has 3 N–H and O–H groups in total. The molecule has 0 amide bonds. The minimum Gasteiger partial charge on any atom is -0.361 e. The van der Waals surface area contributed by atoms with Gasteiger partial charge in [0.2, 0.25) is 0 Å². The van der Waals surface area contributed by atoms with E-state index < -0.39 is 0 Å². The maximum Gasteiger partial charge on any atom is 0.0456 e. The second-order valence-corrected chi connectivity index (χ2v) is 3.43. The van der Waals surface area contributed by atoms with Crippen LogP contribution < -0.4 is 5.73 Å². The molecular formula is C11H15ClN2. The lowest BCUT2D eigenvalue weighted by Gasteiger charge is -2.05. The lowest BCUT2D eigenvalue weighted by Crippen LogP contribution is -2.08. The third-order valence-corrected chi connectivity index (χ3v) is 2.51. The third-order valence-electron chi connectivity index (χ3n) is 2.51. The van der Waals surface area contributed by atoms with Crippen LogP contribution in [0.4, 0.5) is 0 Å². The van der Waals surface area contributed by atoms with Gasteiger partial charge in [-0.05, 0) is 24.1 Å². The fourth-order valence-electron chi connectivity index (χ4n) is 1.63. The van der Waals surface area contributed by atoms with Gasteiger partial charge in [-0.2, -0.15) is 0 Å². The van der Waals surface area contributed by atoms with Gasteiger partial charge in [0.25, 0.3) is 0 Å². The van der Waals surface area contributed by atoms with Crippen LogP contribution in [-0.2, 0) is 0 Å². The van der Waals surface area contributed by atoms with Gasteiger partial charge in [0.05, 0.1) is 0 Å². The van der Waals surface area contributed by atoms with Gasteiger partial charge in [-0.25, -0.2) is 0 Å². The van der Waals surface area contributed by atoms with E-state index in [0.29, 0.717) is 12.5 Å². The highest BCUT2D eigenvalue weighted by Crippen LogP contribution is 2.24. The molecule has 0 fully saturated rings. The van der Waals surface area contributed by atoms with Crippen LogP contribution in [0.25, 0.3) is 10.9 Å². The van der Waals surface area contributed by atoms with Crippen molar-refractivity contribution in [3.63, 3.8) is 0 Å². The molecule has 1 aromatic carbocycles. The smallest absolute Gasteiger partial charge is 0.0456 e. The van der Waals surface area contributed by atoms with Crippen LogP contribution in [0, 0.1) is 0 Å². The fourth-order valence-corrected chi connectivity index (χ4v) is 1.63. The lowest BCUT2D eigenvalue weighted by molar-refractivity contribution is 0.780. The molecule has 0 spiro atoms. The van der Waals surface area contributed by atoms with Crippen LogP contribution in [0.5, 0.6) is 0 Å². The zero-order valence-corrected chi connectivity index (χ0v) is 8.97. The topological polar surface area (TPSA) is 41.8 Å². The van der Waals surface area contributed by atoms with Crippen molar-refractivity contribution in [2.75, 3.05) is 6.54 Å². The highest BCUT2D eigenvalue weighted by atomic mass is 35.5. The molecule has 0 bridgehead atoms. The molecule has 0 unspecified atom stereocenters. The normalized spacial score (nSPS) is 12.4. The van der Waals surface area contributed by atoms with Gasteiger partial charge in [-0.15, -0.1) is 12.4 Å². The van der Waals surface area contributed by atoms with Crippen molar-refractivity contribution in [1.82, 2.24) is 4.98 Å². The third kappa shape index (κ3) is 1.76. The van der Waals surface area contributed by atoms with Crippen molar-refractivity contribution >= 4 is 23.3 Å². The molecule has 0 aliphatic carbocycles. The van der Waals surface area contributed by atoms with Crippen LogP contribution in [0.2, 0.25) is 0 Å². The molecule has 2 aromatic rings. The monoisotopic (exact) mass is 210 g/mol. The average molecular weight is 211 g/mol. The Morgan fingerprint density at radius 2 is 2.07 bits per heavy atom. The van der Waals surface area contributed by atoms with Gasteiger partial charge in [0.15, 0.2) is 0 Å². The Balaban J connectivity index is 0.000000980. The standard InChI is InChI=1S/C11H14N2.ClH/c1-8(6-12)10-7-13-11-5-3-2-4-9(10)11;/h2-5,7-8,13H,6,12H2,1H3;1H/t8-;/m0./s1. The Bertz CT molecular complexity index is 408. The number of H-pyrrole nitrogens is 1. The van der Waals surface area contributed by atoms with Crippen LogP contribution >= 0.6 is 12.4 Å².